The standard InChI is InChI=1S/C11H16F3N3O/c1-16-7-15-8-17(9(16)18)10(11(12,13)14)5-3-2-4-6-10/h7H,2-6,8H2,1H3. The molecular weight excluding hydrogens is 247 g/mol. The molecule has 7 heteroatoms. The van der Waals surface area contributed by atoms with Gasteiger partial charge < -0.3 is 0 Å². The first-order chi connectivity index (χ1) is 8.38. The van der Waals surface area contributed by atoms with Crippen LogP contribution in [0, 0.1) is 0 Å². The Morgan fingerprint density at radius 2 is 1.89 bits per heavy atom. The lowest BCUT2D eigenvalue weighted by Crippen LogP contribution is -2.64. The van der Waals surface area contributed by atoms with Gasteiger partial charge in [0.15, 0.2) is 0 Å². The Morgan fingerprint density at radius 1 is 1.28 bits per heavy atom. The zero-order valence-corrected chi connectivity index (χ0v) is 10.2. The number of hydrogen-bond acceptors (Lipinski definition) is 2. The molecule has 0 unspecified atom stereocenters. The van der Waals surface area contributed by atoms with Gasteiger partial charge in [0.05, 0.1) is 6.34 Å². The minimum Gasteiger partial charge on any atom is -0.290 e. The second-order valence-electron chi connectivity index (χ2n) is 4.85. The molecule has 0 saturated heterocycles. The highest BCUT2D eigenvalue weighted by Gasteiger charge is 2.60. The van der Waals surface area contributed by atoms with Gasteiger partial charge in [0, 0.05) is 7.05 Å². The number of alkyl halides is 3. The van der Waals surface area contributed by atoms with Gasteiger partial charge in [0.1, 0.15) is 12.2 Å². The first kappa shape index (κ1) is 13.2. The summed E-state index contributed by atoms with van der Waals surface area (Å²) in [6, 6.07) is -0.621. The third-order valence-corrected chi connectivity index (χ3v) is 3.74. The molecule has 0 aromatic rings. The van der Waals surface area contributed by atoms with E-state index in [1.54, 1.807) is 0 Å². The third-order valence-electron chi connectivity index (χ3n) is 3.74. The van der Waals surface area contributed by atoms with E-state index in [-0.39, 0.29) is 19.5 Å². The molecule has 1 aliphatic heterocycles. The number of carbonyl (C=O) groups is 1. The van der Waals surface area contributed by atoms with E-state index in [1.807, 2.05) is 0 Å². The van der Waals surface area contributed by atoms with Gasteiger partial charge in [0.25, 0.3) is 0 Å². The van der Waals surface area contributed by atoms with Crippen molar-refractivity contribution in [1.82, 2.24) is 9.80 Å². The fraction of sp³-hybridized carbons (Fsp3) is 0.818. The smallest absolute Gasteiger partial charge is 0.290 e. The summed E-state index contributed by atoms with van der Waals surface area (Å²) in [5.41, 5.74) is -2.03. The number of halogens is 3. The first-order valence-corrected chi connectivity index (χ1v) is 6.00. The molecule has 0 bridgehead atoms. The second-order valence-corrected chi connectivity index (χ2v) is 4.85. The van der Waals surface area contributed by atoms with E-state index in [2.05, 4.69) is 4.99 Å². The van der Waals surface area contributed by atoms with Crippen LogP contribution >= 0.6 is 0 Å². The summed E-state index contributed by atoms with van der Waals surface area (Å²) in [5, 5.41) is 0. The number of rotatable bonds is 1. The lowest BCUT2D eigenvalue weighted by Gasteiger charge is -2.48. The fourth-order valence-electron chi connectivity index (χ4n) is 2.70. The van der Waals surface area contributed by atoms with Crippen molar-refractivity contribution < 1.29 is 18.0 Å². The normalized spacial score (nSPS) is 24.6. The van der Waals surface area contributed by atoms with Crippen molar-refractivity contribution in [3.8, 4) is 0 Å². The van der Waals surface area contributed by atoms with Gasteiger partial charge in [-0.25, -0.2) is 4.79 Å². The van der Waals surface area contributed by atoms with E-state index in [9.17, 15) is 18.0 Å². The van der Waals surface area contributed by atoms with Crippen LogP contribution in [0.3, 0.4) is 0 Å². The van der Waals surface area contributed by atoms with Crippen molar-refractivity contribution in [2.24, 2.45) is 4.99 Å². The van der Waals surface area contributed by atoms with Gasteiger partial charge in [-0.15, -0.1) is 0 Å². The van der Waals surface area contributed by atoms with Crippen molar-refractivity contribution in [2.45, 2.75) is 43.8 Å². The molecule has 2 aliphatic rings. The van der Waals surface area contributed by atoms with Crippen molar-refractivity contribution in [1.29, 1.82) is 0 Å². The van der Waals surface area contributed by atoms with Crippen LogP contribution in [0.5, 0.6) is 0 Å². The highest BCUT2D eigenvalue weighted by Crippen LogP contribution is 2.46. The fourth-order valence-corrected chi connectivity index (χ4v) is 2.70. The monoisotopic (exact) mass is 263 g/mol. The van der Waals surface area contributed by atoms with Gasteiger partial charge >= 0.3 is 12.2 Å². The summed E-state index contributed by atoms with van der Waals surface area (Å²) in [5.74, 6) is 0. The van der Waals surface area contributed by atoms with E-state index in [0.29, 0.717) is 12.8 Å². The number of urea groups is 1. The molecule has 1 aliphatic carbocycles. The van der Waals surface area contributed by atoms with Crippen LogP contribution in [-0.2, 0) is 0 Å². The molecule has 0 atom stereocenters. The van der Waals surface area contributed by atoms with E-state index in [0.717, 1.165) is 16.2 Å². The molecule has 2 amide bonds. The molecule has 0 radical (unpaired) electrons. The van der Waals surface area contributed by atoms with Gasteiger partial charge in [0.2, 0.25) is 0 Å². The summed E-state index contributed by atoms with van der Waals surface area (Å²) in [4.78, 5) is 17.8. The van der Waals surface area contributed by atoms with Crippen molar-refractivity contribution in [2.75, 3.05) is 13.7 Å². The predicted octanol–water partition coefficient (Wildman–Crippen LogP) is 2.60. The summed E-state index contributed by atoms with van der Waals surface area (Å²) < 4.78 is 40.3. The van der Waals surface area contributed by atoms with Gasteiger partial charge in [-0.2, -0.15) is 13.2 Å². The second kappa shape index (κ2) is 4.44. The first-order valence-electron chi connectivity index (χ1n) is 6.00. The Labute approximate surface area is 103 Å². The maximum atomic E-state index is 13.4. The summed E-state index contributed by atoms with van der Waals surface area (Å²) in [6.45, 7) is -0.206. The maximum Gasteiger partial charge on any atom is 0.411 e. The van der Waals surface area contributed by atoms with Crippen LogP contribution in [0.4, 0.5) is 18.0 Å². The van der Waals surface area contributed by atoms with Gasteiger partial charge in [-0.3, -0.25) is 14.8 Å². The molecule has 18 heavy (non-hydrogen) atoms. The number of nitrogens with zero attached hydrogens (tertiary/aromatic N) is 3. The summed E-state index contributed by atoms with van der Waals surface area (Å²) in [7, 11) is 1.42. The Morgan fingerprint density at radius 3 is 2.44 bits per heavy atom. The van der Waals surface area contributed by atoms with Crippen LogP contribution in [0.15, 0.2) is 4.99 Å². The van der Waals surface area contributed by atoms with E-state index in [4.69, 9.17) is 0 Å². The van der Waals surface area contributed by atoms with Gasteiger partial charge in [-0.05, 0) is 12.8 Å². The number of amides is 2. The molecular formula is C11H16F3N3O. The largest absolute Gasteiger partial charge is 0.411 e. The van der Waals surface area contributed by atoms with Crippen LogP contribution < -0.4 is 0 Å². The van der Waals surface area contributed by atoms with Crippen molar-refractivity contribution in [3.05, 3.63) is 0 Å². The SMILES string of the molecule is CN1C=NCN(C2(C(F)(F)F)CCCCC2)C1=O. The molecule has 0 spiro atoms. The molecule has 2 rings (SSSR count). The topological polar surface area (TPSA) is 35.9 Å². The van der Waals surface area contributed by atoms with Crippen LogP contribution in [0.1, 0.15) is 32.1 Å². The molecule has 1 fully saturated rings. The molecule has 102 valence electrons. The Bertz CT molecular complexity index is 361. The highest BCUT2D eigenvalue weighted by atomic mass is 19.4. The highest BCUT2D eigenvalue weighted by molar-refractivity contribution is 5.88. The Kier molecular flexibility index (Phi) is 3.25. The van der Waals surface area contributed by atoms with E-state index >= 15 is 0 Å². The predicted molar refractivity (Wildman–Crippen MR) is 60.2 cm³/mol. The molecule has 0 aromatic carbocycles. The lowest BCUT2D eigenvalue weighted by atomic mass is 9.79. The molecule has 0 aromatic heterocycles. The Hall–Kier alpha value is -1.27. The van der Waals surface area contributed by atoms with E-state index in [1.165, 1.54) is 13.4 Å². The molecule has 1 heterocycles. The van der Waals surface area contributed by atoms with Crippen LogP contribution in [0.2, 0.25) is 0 Å². The minimum atomic E-state index is -4.41. The van der Waals surface area contributed by atoms with Crippen molar-refractivity contribution >= 4 is 12.4 Å². The quantitative estimate of drug-likeness (QED) is 0.716. The number of carbonyl (C=O) groups excluding carboxylic acids is 1. The number of hydrogen-bond donors (Lipinski definition) is 0. The molecule has 4 nitrogen and oxygen atoms in total. The Balaban J connectivity index is 2.35. The average molecular weight is 263 g/mol. The zero-order valence-electron chi connectivity index (χ0n) is 10.2. The van der Waals surface area contributed by atoms with E-state index < -0.39 is 17.7 Å². The number of aliphatic imine (C=N–C) groups is 1. The summed E-state index contributed by atoms with van der Waals surface area (Å²) in [6.07, 6.45) is -1.40. The maximum absolute atomic E-state index is 13.4. The minimum absolute atomic E-state index is 0.0222. The zero-order chi connectivity index (χ0) is 13.4. The van der Waals surface area contributed by atoms with Crippen LogP contribution in [-0.4, -0.2) is 47.6 Å². The lowest BCUT2D eigenvalue weighted by molar-refractivity contribution is -0.233. The third kappa shape index (κ3) is 1.95. The average Bonchev–Trinajstić information content (AvgIpc) is 2.32. The van der Waals surface area contributed by atoms with Gasteiger partial charge in [-0.1, -0.05) is 19.3 Å². The molecule has 1 saturated carbocycles. The molecule has 0 N–H and O–H groups in total. The van der Waals surface area contributed by atoms with Crippen LogP contribution in [0.25, 0.3) is 0 Å². The summed E-state index contributed by atoms with van der Waals surface area (Å²) >= 11 is 0. The van der Waals surface area contributed by atoms with Crippen molar-refractivity contribution in [3.63, 3.8) is 0 Å².